The van der Waals surface area contributed by atoms with Crippen LogP contribution in [0.2, 0.25) is 0 Å². The molecule has 1 aromatic heterocycles. The first-order valence-corrected chi connectivity index (χ1v) is 10.5. The molecular formula is C14H13Br2Cl3N2O4S. The van der Waals surface area contributed by atoms with Gasteiger partial charge in [-0.1, -0.05) is 48.7 Å². The number of ether oxygens (including phenoxy) is 1. The Morgan fingerprint density at radius 3 is 2.42 bits per heavy atom. The Bertz CT molecular complexity index is 840. The number of phenolic OH excluding ortho intramolecular Hbond substituents is 1. The van der Waals surface area contributed by atoms with Gasteiger partial charge in [-0.3, -0.25) is 10.1 Å². The van der Waals surface area contributed by atoms with Gasteiger partial charge in [0.05, 0.1) is 19.2 Å². The van der Waals surface area contributed by atoms with E-state index in [1.165, 1.54) is 6.07 Å². The Hall–Kier alpha value is -0.450. The number of alkyl halides is 3. The van der Waals surface area contributed by atoms with E-state index >= 15 is 0 Å². The van der Waals surface area contributed by atoms with E-state index in [0.717, 1.165) is 11.3 Å². The molecule has 0 saturated carbocycles. The van der Waals surface area contributed by atoms with Crippen LogP contribution in [0.5, 0.6) is 5.75 Å². The number of hydrogen-bond donors (Lipinski definition) is 3. The molecule has 1 aromatic carbocycles. The minimum absolute atomic E-state index is 0.0508. The number of amides is 2. The van der Waals surface area contributed by atoms with Gasteiger partial charge in [0.15, 0.2) is 0 Å². The highest BCUT2D eigenvalue weighted by Crippen LogP contribution is 2.46. The number of fused-ring (bicyclic) bond motifs is 1. The van der Waals surface area contributed by atoms with E-state index in [0.29, 0.717) is 19.0 Å². The highest BCUT2D eigenvalue weighted by atomic mass is 79.9. The van der Waals surface area contributed by atoms with Gasteiger partial charge < -0.3 is 15.6 Å². The average molecular weight is 572 g/mol. The standard InChI is InChI=1S/C12H7Br2Cl3N2O4S.C2H6/c13-4-1-3-5(9(18)21)10(24-8(3)6(14)7(4)20)19-11(22)23-2-12(15,16)17;1-2/h1,20H,2H2,(H2,18,21)(H,19,22);1-2H3. The Labute approximate surface area is 185 Å². The number of halogens is 5. The van der Waals surface area contributed by atoms with Crippen molar-refractivity contribution in [3.63, 3.8) is 0 Å². The molecule has 1 heterocycles. The van der Waals surface area contributed by atoms with Crippen molar-refractivity contribution in [2.45, 2.75) is 17.6 Å². The molecule has 0 aliphatic heterocycles. The van der Waals surface area contributed by atoms with Crippen molar-refractivity contribution in [1.29, 1.82) is 0 Å². The number of carbonyl (C=O) groups excluding carboxylic acids is 2. The highest BCUT2D eigenvalue weighted by Gasteiger charge is 2.25. The molecule has 12 heteroatoms. The second-order valence-electron chi connectivity index (χ2n) is 4.38. The molecule has 0 fully saturated rings. The first-order chi connectivity index (χ1) is 12.0. The maximum atomic E-state index is 11.8. The zero-order valence-electron chi connectivity index (χ0n) is 13.3. The van der Waals surface area contributed by atoms with E-state index < -0.39 is 22.4 Å². The topological polar surface area (TPSA) is 102 Å². The molecule has 144 valence electrons. The number of nitrogens with one attached hydrogen (secondary N) is 1. The second-order valence-corrected chi connectivity index (χ2v) is 9.57. The van der Waals surface area contributed by atoms with Gasteiger partial charge in [0, 0.05) is 5.39 Å². The average Bonchev–Trinajstić information content (AvgIpc) is 2.90. The van der Waals surface area contributed by atoms with Crippen molar-refractivity contribution in [1.82, 2.24) is 0 Å². The molecule has 0 bridgehead atoms. The van der Waals surface area contributed by atoms with Crippen molar-refractivity contribution in [2.24, 2.45) is 5.73 Å². The SMILES string of the molecule is CC.NC(=O)c1c(NC(=O)OCC(Cl)(Cl)Cl)sc2c(Br)c(O)c(Br)cc12. The van der Waals surface area contributed by atoms with Crippen molar-refractivity contribution in [2.75, 3.05) is 11.9 Å². The summed E-state index contributed by atoms with van der Waals surface area (Å²) in [6.07, 6.45) is -0.921. The molecule has 6 nitrogen and oxygen atoms in total. The first-order valence-electron chi connectivity index (χ1n) is 6.95. The number of thiophene rings is 1. The summed E-state index contributed by atoms with van der Waals surface area (Å²) in [5.74, 6) is -0.812. The molecule has 0 unspecified atom stereocenters. The number of anilines is 1. The van der Waals surface area contributed by atoms with Gasteiger partial charge in [-0.2, -0.15) is 0 Å². The lowest BCUT2D eigenvalue weighted by Crippen LogP contribution is -2.22. The lowest BCUT2D eigenvalue weighted by molar-refractivity contribution is 0.100. The van der Waals surface area contributed by atoms with Crippen LogP contribution >= 0.6 is 78.0 Å². The second kappa shape index (κ2) is 9.66. The minimum Gasteiger partial charge on any atom is -0.506 e. The van der Waals surface area contributed by atoms with Crippen LogP contribution in [0, 0.1) is 0 Å². The molecule has 2 rings (SSSR count). The number of phenols is 1. The van der Waals surface area contributed by atoms with Crippen molar-refractivity contribution in [3.05, 3.63) is 20.6 Å². The first kappa shape index (κ1) is 23.6. The maximum Gasteiger partial charge on any atom is 0.412 e. The molecule has 0 aliphatic rings. The van der Waals surface area contributed by atoms with Crippen LogP contribution in [0.1, 0.15) is 24.2 Å². The normalized spacial score (nSPS) is 10.9. The van der Waals surface area contributed by atoms with Crippen LogP contribution in [-0.4, -0.2) is 27.5 Å². The Balaban J connectivity index is 0.00000163. The summed E-state index contributed by atoms with van der Waals surface area (Å²) in [6.45, 7) is 3.52. The molecule has 26 heavy (non-hydrogen) atoms. The highest BCUT2D eigenvalue weighted by molar-refractivity contribution is 9.11. The van der Waals surface area contributed by atoms with Crippen molar-refractivity contribution >= 4 is 105 Å². The van der Waals surface area contributed by atoms with Gasteiger partial charge in [-0.05, 0) is 37.9 Å². The minimum atomic E-state index is -1.76. The third-order valence-electron chi connectivity index (χ3n) is 2.68. The monoisotopic (exact) mass is 568 g/mol. The number of primary amides is 1. The number of aromatic hydroxyl groups is 1. The molecule has 4 N–H and O–H groups in total. The summed E-state index contributed by atoms with van der Waals surface area (Å²) in [4.78, 5) is 23.6. The van der Waals surface area contributed by atoms with Gasteiger partial charge in [0.25, 0.3) is 5.91 Å². The van der Waals surface area contributed by atoms with Gasteiger partial charge in [-0.15, -0.1) is 11.3 Å². The molecular weight excluding hydrogens is 558 g/mol. The zero-order chi connectivity index (χ0) is 20.2. The fourth-order valence-electron chi connectivity index (χ4n) is 1.76. The number of carbonyl (C=O) groups is 2. The number of rotatable bonds is 3. The van der Waals surface area contributed by atoms with E-state index in [1.54, 1.807) is 0 Å². The number of nitrogens with two attached hydrogens (primary N) is 1. The lowest BCUT2D eigenvalue weighted by atomic mass is 10.1. The summed E-state index contributed by atoms with van der Waals surface area (Å²) in [7, 11) is 0. The van der Waals surface area contributed by atoms with Crippen LogP contribution in [0.4, 0.5) is 9.80 Å². The van der Waals surface area contributed by atoms with E-state index in [1.807, 2.05) is 13.8 Å². The third-order valence-corrected chi connectivity index (χ3v) is 5.78. The fraction of sp³-hybridized carbons (Fsp3) is 0.286. The summed E-state index contributed by atoms with van der Waals surface area (Å²) in [5.41, 5.74) is 5.47. The summed E-state index contributed by atoms with van der Waals surface area (Å²) < 4.78 is 4.22. The Morgan fingerprint density at radius 2 is 1.92 bits per heavy atom. The summed E-state index contributed by atoms with van der Waals surface area (Å²) in [5, 5.41) is 12.9. The van der Waals surface area contributed by atoms with E-state index in [9.17, 15) is 14.7 Å². The van der Waals surface area contributed by atoms with Crippen LogP contribution in [0.25, 0.3) is 10.1 Å². The van der Waals surface area contributed by atoms with Gasteiger partial charge in [0.1, 0.15) is 17.4 Å². The van der Waals surface area contributed by atoms with E-state index in [4.69, 9.17) is 45.3 Å². The Morgan fingerprint density at radius 1 is 1.35 bits per heavy atom. The summed E-state index contributed by atoms with van der Waals surface area (Å²) >= 11 is 23.9. The zero-order valence-corrected chi connectivity index (χ0v) is 19.6. The summed E-state index contributed by atoms with van der Waals surface area (Å²) in [6, 6.07) is 1.52. The molecule has 0 radical (unpaired) electrons. The fourth-order valence-corrected chi connectivity index (χ4v) is 4.40. The van der Waals surface area contributed by atoms with Crippen molar-refractivity contribution in [3.8, 4) is 5.75 Å². The predicted molar refractivity (Wildman–Crippen MR) is 114 cm³/mol. The smallest absolute Gasteiger partial charge is 0.412 e. The van der Waals surface area contributed by atoms with Gasteiger partial charge >= 0.3 is 6.09 Å². The van der Waals surface area contributed by atoms with Crippen LogP contribution in [0.15, 0.2) is 15.0 Å². The van der Waals surface area contributed by atoms with Crippen LogP contribution < -0.4 is 11.1 Å². The molecule has 2 aromatic rings. The molecule has 0 spiro atoms. The van der Waals surface area contributed by atoms with Gasteiger partial charge in [0.2, 0.25) is 3.79 Å². The molecule has 0 saturated heterocycles. The van der Waals surface area contributed by atoms with E-state index in [2.05, 4.69) is 37.2 Å². The number of benzene rings is 1. The quantitative estimate of drug-likeness (QED) is 0.383. The third kappa shape index (κ3) is 5.77. The number of hydrogen-bond acceptors (Lipinski definition) is 5. The largest absolute Gasteiger partial charge is 0.506 e. The van der Waals surface area contributed by atoms with E-state index in [-0.39, 0.29) is 16.3 Å². The van der Waals surface area contributed by atoms with Crippen molar-refractivity contribution < 1.29 is 19.4 Å². The molecule has 0 aliphatic carbocycles. The lowest BCUT2D eigenvalue weighted by Gasteiger charge is -2.11. The van der Waals surface area contributed by atoms with Gasteiger partial charge in [-0.25, -0.2) is 4.79 Å². The van der Waals surface area contributed by atoms with Crippen LogP contribution in [0.3, 0.4) is 0 Å². The predicted octanol–water partition coefficient (Wildman–Crippen LogP) is 6.18. The maximum absolute atomic E-state index is 11.8. The van der Waals surface area contributed by atoms with Crippen LogP contribution in [-0.2, 0) is 4.74 Å². The molecule has 0 atom stereocenters. The Kier molecular flexibility index (Phi) is 8.76. The molecule has 2 amide bonds.